The van der Waals surface area contributed by atoms with Crippen molar-refractivity contribution in [3.05, 3.63) is 59.5 Å². The van der Waals surface area contributed by atoms with Gasteiger partial charge in [0, 0.05) is 12.6 Å². The van der Waals surface area contributed by atoms with Crippen molar-refractivity contribution in [1.82, 2.24) is 4.98 Å². The average molecular weight is 330 g/mol. The van der Waals surface area contributed by atoms with E-state index in [1.807, 2.05) is 4.90 Å². The van der Waals surface area contributed by atoms with Crippen LogP contribution in [0.1, 0.15) is 41.4 Å². The Hall–Kier alpha value is -2.47. The van der Waals surface area contributed by atoms with E-state index < -0.39 is 12.1 Å². The van der Waals surface area contributed by atoms with Crippen LogP contribution in [0.25, 0.3) is 0 Å². The van der Waals surface area contributed by atoms with Crippen molar-refractivity contribution in [2.75, 3.05) is 11.4 Å². The average Bonchev–Trinajstić information content (AvgIpc) is 3.03. The lowest BCUT2D eigenvalue weighted by atomic mass is 10.0. The van der Waals surface area contributed by atoms with Gasteiger partial charge in [-0.25, -0.2) is 14.2 Å². The molecule has 24 heavy (non-hydrogen) atoms. The molecule has 126 valence electrons. The number of pyridine rings is 1. The van der Waals surface area contributed by atoms with Gasteiger partial charge in [0.1, 0.15) is 11.6 Å². The molecule has 0 radical (unpaired) electrons. The number of carboxylic acids is 1. The minimum Gasteiger partial charge on any atom is -0.477 e. The standard InChI is InChI=1S/C18H19FN2O3/c19-13-8-6-12(7-9-13)16(22)11-14-3-2-10-21(14)17-5-1-4-15(20-17)18(23)24/h1,4-9,14,16,22H,2-3,10-11H2,(H,23,24). The van der Waals surface area contributed by atoms with E-state index in [9.17, 15) is 14.3 Å². The number of hydrogen-bond acceptors (Lipinski definition) is 4. The van der Waals surface area contributed by atoms with Gasteiger partial charge in [-0.2, -0.15) is 0 Å². The summed E-state index contributed by atoms with van der Waals surface area (Å²) in [7, 11) is 0. The number of nitrogens with zero attached hydrogens (tertiary/aromatic N) is 2. The van der Waals surface area contributed by atoms with E-state index in [-0.39, 0.29) is 17.6 Å². The molecule has 0 amide bonds. The van der Waals surface area contributed by atoms with Gasteiger partial charge in [0.2, 0.25) is 0 Å². The Kier molecular flexibility index (Phi) is 4.76. The molecule has 5 nitrogen and oxygen atoms in total. The molecule has 0 saturated carbocycles. The summed E-state index contributed by atoms with van der Waals surface area (Å²) in [6.07, 6.45) is 1.65. The zero-order valence-electron chi connectivity index (χ0n) is 13.1. The highest BCUT2D eigenvalue weighted by Crippen LogP contribution is 2.30. The number of aliphatic hydroxyl groups is 1. The first kappa shape index (κ1) is 16.4. The minimum atomic E-state index is -1.06. The molecule has 1 fully saturated rings. The van der Waals surface area contributed by atoms with Gasteiger partial charge in [-0.05, 0) is 49.1 Å². The molecule has 2 N–H and O–H groups in total. The van der Waals surface area contributed by atoms with E-state index in [1.165, 1.54) is 18.2 Å². The highest BCUT2D eigenvalue weighted by Gasteiger charge is 2.28. The van der Waals surface area contributed by atoms with Gasteiger partial charge in [-0.15, -0.1) is 0 Å². The van der Waals surface area contributed by atoms with E-state index in [1.54, 1.807) is 24.3 Å². The van der Waals surface area contributed by atoms with Crippen molar-refractivity contribution in [2.45, 2.75) is 31.4 Å². The van der Waals surface area contributed by atoms with Gasteiger partial charge in [-0.3, -0.25) is 0 Å². The summed E-state index contributed by atoms with van der Waals surface area (Å²) >= 11 is 0. The van der Waals surface area contributed by atoms with Crippen LogP contribution in [0.3, 0.4) is 0 Å². The van der Waals surface area contributed by atoms with Crippen LogP contribution in [0, 0.1) is 5.82 Å². The number of aromatic nitrogens is 1. The third-order valence-electron chi connectivity index (χ3n) is 4.38. The first-order chi connectivity index (χ1) is 11.5. The highest BCUT2D eigenvalue weighted by atomic mass is 19.1. The van der Waals surface area contributed by atoms with Gasteiger partial charge in [-0.1, -0.05) is 18.2 Å². The minimum absolute atomic E-state index is 0.0113. The quantitative estimate of drug-likeness (QED) is 0.881. The van der Waals surface area contributed by atoms with Crippen molar-refractivity contribution in [2.24, 2.45) is 0 Å². The monoisotopic (exact) mass is 330 g/mol. The lowest BCUT2D eigenvalue weighted by Gasteiger charge is -2.27. The fourth-order valence-corrected chi connectivity index (χ4v) is 3.16. The molecule has 0 aliphatic carbocycles. The Morgan fingerprint density at radius 3 is 2.75 bits per heavy atom. The summed E-state index contributed by atoms with van der Waals surface area (Å²) in [5.41, 5.74) is 0.688. The van der Waals surface area contributed by atoms with Crippen LogP contribution in [-0.4, -0.2) is 33.8 Å². The number of carbonyl (C=O) groups is 1. The summed E-state index contributed by atoms with van der Waals surface area (Å²) in [6, 6.07) is 10.8. The predicted molar refractivity (Wildman–Crippen MR) is 87.5 cm³/mol. The number of carboxylic acid groups (broad SMARTS) is 1. The van der Waals surface area contributed by atoms with Gasteiger partial charge < -0.3 is 15.1 Å². The predicted octanol–water partition coefficient (Wildman–Crippen LogP) is 3.01. The molecule has 3 rings (SSSR count). The maximum Gasteiger partial charge on any atom is 0.354 e. The molecule has 1 aliphatic heterocycles. The molecule has 1 aliphatic rings. The molecule has 2 atom stereocenters. The van der Waals surface area contributed by atoms with Crippen molar-refractivity contribution < 1.29 is 19.4 Å². The Balaban J connectivity index is 1.74. The summed E-state index contributed by atoms with van der Waals surface area (Å²) in [5, 5.41) is 19.5. The van der Waals surface area contributed by atoms with Gasteiger partial charge in [0.15, 0.2) is 5.69 Å². The van der Waals surface area contributed by atoms with Gasteiger partial charge in [0.25, 0.3) is 0 Å². The largest absolute Gasteiger partial charge is 0.477 e. The van der Waals surface area contributed by atoms with E-state index in [2.05, 4.69) is 4.98 Å². The molecule has 1 aromatic heterocycles. The van der Waals surface area contributed by atoms with E-state index in [4.69, 9.17) is 5.11 Å². The number of hydrogen-bond donors (Lipinski definition) is 2. The van der Waals surface area contributed by atoms with Gasteiger partial charge >= 0.3 is 5.97 Å². The van der Waals surface area contributed by atoms with Crippen LogP contribution in [0.4, 0.5) is 10.2 Å². The molecule has 0 bridgehead atoms. The van der Waals surface area contributed by atoms with Crippen LogP contribution in [0.15, 0.2) is 42.5 Å². The van der Waals surface area contributed by atoms with Crippen LogP contribution >= 0.6 is 0 Å². The zero-order chi connectivity index (χ0) is 17.1. The Bertz CT molecular complexity index is 720. The SMILES string of the molecule is O=C(O)c1cccc(N2CCCC2CC(O)c2ccc(F)cc2)n1. The molecule has 0 spiro atoms. The second-order valence-electron chi connectivity index (χ2n) is 5.98. The van der Waals surface area contributed by atoms with Crippen LogP contribution in [-0.2, 0) is 0 Å². The Morgan fingerprint density at radius 1 is 1.29 bits per heavy atom. The van der Waals surface area contributed by atoms with Crippen LogP contribution in [0.2, 0.25) is 0 Å². The number of rotatable bonds is 5. The van der Waals surface area contributed by atoms with Crippen LogP contribution in [0.5, 0.6) is 0 Å². The first-order valence-electron chi connectivity index (χ1n) is 7.95. The number of aromatic carboxylic acids is 1. The van der Waals surface area contributed by atoms with Crippen molar-refractivity contribution in [1.29, 1.82) is 0 Å². The number of benzene rings is 1. The molecular formula is C18H19FN2O3. The number of anilines is 1. The van der Waals surface area contributed by atoms with Gasteiger partial charge in [0.05, 0.1) is 6.10 Å². The molecule has 2 heterocycles. The molecule has 1 saturated heterocycles. The maximum absolute atomic E-state index is 13.0. The number of halogens is 1. The van der Waals surface area contributed by atoms with E-state index in [0.717, 1.165) is 19.4 Å². The molecule has 6 heteroatoms. The zero-order valence-corrected chi connectivity index (χ0v) is 13.1. The third-order valence-corrected chi connectivity index (χ3v) is 4.38. The smallest absolute Gasteiger partial charge is 0.354 e. The highest BCUT2D eigenvalue weighted by molar-refractivity contribution is 5.85. The summed E-state index contributed by atoms with van der Waals surface area (Å²) < 4.78 is 13.0. The topological polar surface area (TPSA) is 73.7 Å². The third kappa shape index (κ3) is 3.54. The lowest BCUT2D eigenvalue weighted by Crippen LogP contribution is -2.31. The summed E-state index contributed by atoms with van der Waals surface area (Å²) in [6.45, 7) is 0.775. The summed E-state index contributed by atoms with van der Waals surface area (Å²) in [4.78, 5) is 17.3. The van der Waals surface area contributed by atoms with Crippen LogP contribution < -0.4 is 4.90 Å². The second-order valence-corrected chi connectivity index (χ2v) is 5.98. The second kappa shape index (κ2) is 6.97. The normalized spacial score (nSPS) is 18.6. The van der Waals surface area contributed by atoms with Crippen molar-refractivity contribution in [3.63, 3.8) is 0 Å². The first-order valence-corrected chi connectivity index (χ1v) is 7.95. The molecular weight excluding hydrogens is 311 g/mol. The Morgan fingerprint density at radius 2 is 2.04 bits per heavy atom. The van der Waals surface area contributed by atoms with Crippen molar-refractivity contribution in [3.8, 4) is 0 Å². The molecule has 2 aromatic rings. The number of aliphatic hydroxyl groups excluding tert-OH is 1. The van der Waals surface area contributed by atoms with E-state index >= 15 is 0 Å². The summed E-state index contributed by atoms with van der Waals surface area (Å²) in [5.74, 6) is -0.772. The molecule has 1 aromatic carbocycles. The van der Waals surface area contributed by atoms with E-state index in [0.29, 0.717) is 17.8 Å². The Labute approximate surface area is 139 Å². The van der Waals surface area contributed by atoms with Crippen molar-refractivity contribution >= 4 is 11.8 Å². The lowest BCUT2D eigenvalue weighted by molar-refractivity contribution is 0.0690. The fourth-order valence-electron chi connectivity index (χ4n) is 3.16. The molecule has 2 unspecified atom stereocenters. The maximum atomic E-state index is 13.0. The fraction of sp³-hybridized carbons (Fsp3) is 0.333.